The summed E-state index contributed by atoms with van der Waals surface area (Å²) in [5, 5.41) is 11.1. The first-order chi connectivity index (χ1) is 25.0. The zero-order valence-corrected chi connectivity index (χ0v) is 33.5. The monoisotopic (exact) mass is 716 g/mol. The normalized spacial score (nSPS) is 12.4. The number of allylic oxidation sites excluding steroid dienone is 5. The van der Waals surface area contributed by atoms with Gasteiger partial charge >= 0.3 is 11.9 Å². The van der Waals surface area contributed by atoms with E-state index in [1.54, 1.807) is 0 Å². The molecule has 0 aliphatic heterocycles. The van der Waals surface area contributed by atoms with Gasteiger partial charge in [0, 0.05) is 12.8 Å². The Hall–Kier alpha value is -2.37. The summed E-state index contributed by atoms with van der Waals surface area (Å²) in [7, 11) is 0. The number of aliphatic carboxylic acids is 1. The second kappa shape index (κ2) is 40.4. The van der Waals surface area contributed by atoms with E-state index >= 15 is 0 Å². The van der Waals surface area contributed by atoms with Gasteiger partial charge in [-0.15, -0.1) is 0 Å². The molecule has 6 heteroatoms. The van der Waals surface area contributed by atoms with E-state index in [0.29, 0.717) is 12.8 Å². The molecule has 0 saturated heterocycles. The Kier molecular flexibility index (Phi) is 38.5. The van der Waals surface area contributed by atoms with Gasteiger partial charge in [-0.2, -0.15) is 0 Å². The smallest absolute Gasteiger partial charge is 0.322 e. The van der Waals surface area contributed by atoms with Crippen LogP contribution >= 0.6 is 0 Å². The SMILES string of the molecule is CCCCCCC/C=C\C/C=C\CCCCCCCCCCCCCC(=O)OC(/C=C\CCCCCCC)CCCCCCC(=O)NCC(=O)O. The van der Waals surface area contributed by atoms with Crippen LogP contribution in [0.2, 0.25) is 0 Å². The highest BCUT2D eigenvalue weighted by Gasteiger charge is 2.12. The highest BCUT2D eigenvalue weighted by atomic mass is 16.5. The molecule has 0 aliphatic rings. The van der Waals surface area contributed by atoms with Gasteiger partial charge in [0.25, 0.3) is 0 Å². The molecule has 0 aromatic heterocycles. The van der Waals surface area contributed by atoms with E-state index in [1.807, 2.05) is 0 Å². The molecule has 0 radical (unpaired) electrons. The Labute approximate surface area is 315 Å². The number of hydrogen-bond acceptors (Lipinski definition) is 4. The van der Waals surface area contributed by atoms with Crippen LogP contribution in [0.5, 0.6) is 0 Å². The number of carboxylic acid groups (broad SMARTS) is 1. The van der Waals surface area contributed by atoms with Crippen LogP contribution in [0.15, 0.2) is 36.5 Å². The van der Waals surface area contributed by atoms with Gasteiger partial charge in [0.15, 0.2) is 0 Å². The van der Waals surface area contributed by atoms with E-state index < -0.39 is 5.97 Å². The van der Waals surface area contributed by atoms with Gasteiger partial charge in [-0.25, -0.2) is 0 Å². The number of rotatable bonds is 39. The average molecular weight is 716 g/mol. The molecular formula is C45H81NO5. The molecule has 0 aromatic carbocycles. The van der Waals surface area contributed by atoms with E-state index in [9.17, 15) is 14.4 Å². The summed E-state index contributed by atoms with van der Waals surface area (Å²) >= 11 is 0. The summed E-state index contributed by atoms with van der Waals surface area (Å²) in [6.45, 7) is 4.17. The summed E-state index contributed by atoms with van der Waals surface area (Å²) in [6.07, 6.45) is 50.1. The maximum Gasteiger partial charge on any atom is 0.322 e. The molecule has 296 valence electrons. The Bertz CT molecular complexity index is 880. The molecule has 51 heavy (non-hydrogen) atoms. The number of carbonyl (C=O) groups excluding carboxylic acids is 2. The number of unbranched alkanes of at least 4 members (excludes halogenated alkanes) is 24. The van der Waals surface area contributed by atoms with Crippen LogP contribution in [-0.2, 0) is 19.1 Å². The van der Waals surface area contributed by atoms with Crippen molar-refractivity contribution in [2.75, 3.05) is 6.54 Å². The summed E-state index contributed by atoms with van der Waals surface area (Å²) in [5.41, 5.74) is 0. The van der Waals surface area contributed by atoms with Crippen LogP contribution in [0.1, 0.15) is 219 Å². The number of carboxylic acids is 1. The predicted molar refractivity (Wildman–Crippen MR) is 217 cm³/mol. The van der Waals surface area contributed by atoms with Gasteiger partial charge in [-0.3, -0.25) is 14.4 Å². The highest BCUT2D eigenvalue weighted by Crippen LogP contribution is 2.16. The summed E-state index contributed by atoms with van der Waals surface area (Å²) in [4.78, 5) is 34.9. The van der Waals surface area contributed by atoms with Crippen LogP contribution in [0.4, 0.5) is 0 Å². The van der Waals surface area contributed by atoms with E-state index in [4.69, 9.17) is 9.84 Å². The van der Waals surface area contributed by atoms with Crippen molar-refractivity contribution in [1.29, 1.82) is 0 Å². The van der Waals surface area contributed by atoms with Crippen molar-refractivity contribution < 1.29 is 24.2 Å². The Morgan fingerprint density at radius 1 is 0.529 bits per heavy atom. The average Bonchev–Trinajstić information content (AvgIpc) is 3.11. The quantitative estimate of drug-likeness (QED) is 0.0375. The lowest BCUT2D eigenvalue weighted by molar-refractivity contribution is -0.147. The van der Waals surface area contributed by atoms with E-state index in [2.05, 4.69) is 55.6 Å². The van der Waals surface area contributed by atoms with Crippen molar-refractivity contribution in [3.05, 3.63) is 36.5 Å². The number of ether oxygens (including phenoxy) is 1. The van der Waals surface area contributed by atoms with Crippen molar-refractivity contribution in [2.24, 2.45) is 0 Å². The Balaban J connectivity index is 3.92. The summed E-state index contributed by atoms with van der Waals surface area (Å²) < 4.78 is 5.89. The first kappa shape index (κ1) is 48.6. The highest BCUT2D eigenvalue weighted by molar-refractivity contribution is 5.80. The maximum absolute atomic E-state index is 12.6. The number of nitrogens with one attached hydrogen (secondary N) is 1. The first-order valence-corrected chi connectivity index (χ1v) is 21.6. The number of carbonyl (C=O) groups is 3. The molecule has 6 nitrogen and oxygen atoms in total. The van der Waals surface area contributed by atoms with Crippen LogP contribution in [0, 0.1) is 0 Å². The first-order valence-electron chi connectivity index (χ1n) is 21.6. The number of hydrogen-bond donors (Lipinski definition) is 2. The zero-order chi connectivity index (χ0) is 37.3. The van der Waals surface area contributed by atoms with E-state index in [-0.39, 0.29) is 24.5 Å². The lowest BCUT2D eigenvalue weighted by atomic mass is 10.0. The van der Waals surface area contributed by atoms with Crippen molar-refractivity contribution in [1.82, 2.24) is 5.32 Å². The van der Waals surface area contributed by atoms with Gasteiger partial charge in [0.05, 0.1) is 0 Å². The van der Waals surface area contributed by atoms with Gasteiger partial charge in [-0.05, 0) is 76.7 Å². The minimum atomic E-state index is -1.03. The zero-order valence-electron chi connectivity index (χ0n) is 33.5. The molecule has 1 unspecified atom stereocenters. The van der Waals surface area contributed by atoms with Gasteiger partial charge in [0.1, 0.15) is 12.6 Å². The molecule has 0 fully saturated rings. The lowest BCUT2D eigenvalue weighted by Gasteiger charge is -2.15. The lowest BCUT2D eigenvalue weighted by Crippen LogP contribution is -2.28. The number of esters is 1. The predicted octanol–water partition coefficient (Wildman–Crippen LogP) is 13.3. The minimum absolute atomic E-state index is 0.0847. The second-order valence-electron chi connectivity index (χ2n) is 14.6. The van der Waals surface area contributed by atoms with Crippen molar-refractivity contribution in [3.63, 3.8) is 0 Å². The van der Waals surface area contributed by atoms with Crippen molar-refractivity contribution >= 4 is 17.8 Å². The summed E-state index contributed by atoms with van der Waals surface area (Å²) in [6, 6.07) is 0. The molecule has 0 bridgehead atoms. The van der Waals surface area contributed by atoms with Crippen LogP contribution < -0.4 is 5.32 Å². The molecule has 0 heterocycles. The van der Waals surface area contributed by atoms with E-state index in [0.717, 1.165) is 57.8 Å². The fraction of sp³-hybridized carbons (Fsp3) is 0.800. The van der Waals surface area contributed by atoms with Crippen molar-refractivity contribution in [2.45, 2.75) is 225 Å². The van der Waals surface area contributed by atoms with Crippen molar-refractivity contribution in [3.8, 4) is 0 Å². The van der Waals surface area contributed by atoms with Crippen LogP contribution in [0.3, 0.4) is 0 Å². The molecular weight excluding hydrogens is 634 g/mol. The van der Waals surface area contributed by atoms with E-state index in [1.165, 1.54) is 135 Å². The molecule has 2 N–H and O–H groups in total. The maximum atomic E-state index is 12.6. The molecule has 0 aromatic rings. The van der Waals surface area contributed by atoms with Crippen LogP contribution in [0.25, 0.3) is 0 Å². The largest absolute Gasteiger partial charge is 0.480 e. The van der Waals surface area contributed by atoms with Gasteiger partial charge < -0.3 is 15.2 Å². The van der Waals surface area contributed by atoms with Crippen LogP contribution in [-0.4, -0.2) is 35.6 Å². The minimum Gasteiger partial charge on any atom is -0.480 e. The third-order valence-electron chi connectivity index (χ3n) is 9.52. The third kappa shape index (κ3) is 40.3. The van der Waals surface area contributed by atoms with Gasteiger partial charge in [0.2, 0.25) is 5.91 Å². The topological polar surface area (TPSA) is 92.7 Å². The number of amides is 1. The van der Waals surface area contributed by atoms with Gasteiger partial charge in [-0.1, -0.05) is 166 Å². The Morgan fingerprint density at radius 2 is 0.961 bits per heavy atom. The molecule has 0 spiro atoms. The second-order valence-corrected chi connectivity index (χ2v) is 14.6. The third-order valence-corrected chi connectivity index (χ3v) is 9.52. The summed E-state index contributed by atoms with van der Waals surface area (Å²) in [5.74, 6) is -1.33. The fourth-order valence-electron chi connectivity index (χ4n) is 6.28. The molecule has 0 rings (SSSR count). The molecule has 1 atom stereocenters. The molecule has 0 aliphatic carbocycles. The Morgan fingerprint density at radius 3 is 1.47 bits per heavy atom. The molecule has 1 amide bonds. The fourth-order valence-corrected chi connectivity index (χ4v) is 6.28. The standard InChI is InChI=1S/C45H81NO5/c1-3-5-7-9-11-12-13-14-15-16-17-18-19-20-21-22-23-24-25-26-28-30-36-40-45(50)51-42(37-33-29-27-10-8-6-4-2)38-34-31-32-35-39-43(47)46-41-44(48)49/h13-14,16-17,33,37,42H,3-12,15,18-32,34-36,38-41H2,1-2H3,(H,46,47)(H,48,49)/b14-13-,17-16-,37-33-. The molecule has 0 saturated carbocycles.